The largest absolute Gasteiger partial charge is 0.381 e. The monoisotopic (exact) mass is 200 g/mol. The van der Waals surface area contributed by atoms with E-state index < -0.39 is 0 Å². The van der Waals surface area contributed by atoms with Gasteiger partial charge in [0.05, 0.1) is 13.2 Å². The van der Waals surface area contributed by atoms with Crippen molar-refractivity contribution in [2.24, 2.45) is 5.92 Å². The van der Waals surface area contributed by atoms with Crippen LogP contribution >= 0.6 is 0 Å². The second-order valence-corrected chi connectivity index (χ2v) is 4.80. The Hall–Kier alpha value is -0.120. The van der Waals surface area contributed by atoms with Gasteiger partial charge in [0, 0.05) is 31.6 Å². The number of likely N-dealkylation sites (N-methyl/N-ethyl adjacent to an activating group) is 1. The van der Waals surface area contributed by atoms with E-state index in [-0.39, 0.29) is 0 Å². The Morgan fingerprint density at radius 2 is 1.86 bits per heavy atom. The minimum Gasteiger partial charge on any atom is -0.381 e. The van der Waals surface area contributed by atoms with Crippen LogP contribution in [0.3, 0.4) is 0 Å². The Labute approximate surface area is 88.0 Å². The molecule has 1 saturated heterocycles. The van der Waals surface area contributed by atoms with Crippen molar-refractivity contribution in [1.29, 1.82) is 0 Å². The van der Waals surface area contributed by atoms with Crippen LogP contribution in [0.15, 0.2) is 0 Å². The lowest BCUT2D eigenvalue weighted by Gasteiger charge is -2.35. The van der Waals surface area contributed by atoms with E-state index in [1.807, 2.05) is 0 Å². The molecule has 0 aliphatic carbocycles. The third-order valence-corrected chi connectivity index (χ3v) is 2.76. The Bertz CT molecular complexity index is 155. The van der Waals surface area contributed by atoms with Crippen molar-refractivity contribution < 1.29 is 4.74 Å². The molecule has 0 aromatic heterocycles. The summed E-state index contributed by atoms with van der Waals surface area (Å²) in [5.41, 5.74) is 0. The highest BCUT2D eigenvalue weighted by molar-refractivity contribution is 4.73. The fourth-order valence-electron chi connectivity index (χ4n) is 1.61. The molecule has 0 bridgehead atoms. The highest BCUT2D eigenvalue weighted by atomic mass is 16.5. The third kappa shape index (κ3) is 3.95. The van der Waals surface area contributed by atoms with Gasteiger partial charge in [-0.15, -0.1) is 0 Å². The average molecular weight is 200 g/mol. The number of nitrogens with zero attached hydrogens (tertiary/aromatic N) is 2. The molecule has 0 spiro atoms. The minimum atomic E-state index is 0.649. The van der Waals surface area contributed by atoms with Crippen LogP contribution in [-0.2, 0) is 4.74 Å². The molecule has 3 nitrogen and oxygen atoms in total. The summed E-state index contributed by atoms with van der Waals surface area (Å²) in [7, 11) is 4.26. The molecule has 1 fully saturated rings. The summed E-state index contributed by atoms with van der Waals surface area (Å²) in [6.45, 7) is 9.99. The van der Waals surface area contributed by atoms with E-state index in [1.165, 1.54) is 13.1 Å². The summed E-state index contributed by atoms with van der Waals surface area (Å²) in [6, 6.07) is 0.649. The molecule has 0 N–H and O–H groups in total. The quantitative estimate of drug-likeness (QED) is 0.634. The Balaban J connectivity index is 2.23. The molecule has 1 rings (SSSR count). The fourth-order valence-corrected chi connectivity index (χ4v) is 1.61. The molecular weight excluding hydrogens is 176 g/mol. The van der Waals surface area contributed by atoms with Crippen LogP contribution in [0, 0.1) is 5.92 Å². The molecule has 0 saturated carbocycles. The minimum absolute atomic E-state index is 0.649. The average Bonchev–Trinajstić information content (AvgIpc) is 1.99. The number of hydrogen-bond acceptors (Lipinski definition) is 3. The van der Waals surface area contributed by atoms with Gasteiger partial charge in [-0.1, -0.05) is 0 Å². The van der Waals surface area contributed by atoms with Gasteiger partial charge in [-0.05, 0) is 27.9 Å². The van der Waals surface area contributed by atoms with Crippen LogP contribution in [0.4, 0.5) is 0 Å². The van der Waals surface area contributed by atoms with E-state index in [0.717, 1.165) is 25.7 Å². The van der Waals surface area contributed by atoms with Gasteiger partial charge < -0.3 is 9.64 Å². The summed E-state index contributed by atoms with van der Waals surface area (Å²) in [6.07, 6.45) is 0. The number of rotatable bonds is 6. The highest BCUT2D eigenvalue weighted by Gasteiger charge is 2.22. The van der Waals surface area contributed by atoms with Crippen molar-refractivity contribution in [3.63, 3.8) is 0 Å². The summed E-state index contributed by atoms with van der Waals surface area (Å²) in [4.78, 5) is 4.79. The van der Waals surface area contributed by atoms with E-state index in [2.05, 4.69) is 37.7 Å². The lowest BCUT2D eigenvalue weighted by atomic mass is 10.1. The molecule has 0 aromatic carbocycles. The first-order valence-electron chi connectivity index (χ1n) is 5.56. The first kappa shape index (κ1) is 12.0. The molecule has 84 valence electrons. The number of ether oxygens (including phenoxy) is 1. The summed E-state index contributed by atoms with van der Waals surface area (Å²) in [5.74, 6) is 0.777. The lowest BCUT2D eigenvalue weighted by molar-refractivity contribution is -0.0503. The Morgan fingerprint density at radius 1 is 1.21 bits per heavy atom. The molecule has 14 heavy (non-hydrogen) atoms. The molecular formula is C11H24N2O. The van der Waals surface area contributed by atoms with Gasteiger partial charge in [0.25, 0.3) is 0 Å². The zero-order chi connectivity index (χ0) is 10.6. The number of hydrogen-bond donors (Lipinski definition) is 0. The molecule has 0 amide bonds. The third-order valence-electron chi connectivity index (χ3n) is 2.76. The maximum atomic E-state index is 5.20. The highest BCUT2D eigenvalue weighted by Crippen LogP contribution is 2.13. The van der Waals surface area contributed by atoms with Crippen molar-refractivity contribution >= 4 is 0 Å². The van der Waals surface area contributed by atoms with Gasteiger partial charge in [0.15, 0.2) is 0 Å². The zero-order valence-corrected chi connectivity index (χ0v) is 9.99. The first-order valence-corrected chi connectivity index (χ1v) is 5.56. The van der Waals surface area contributed by atoms with Gasteiger partial charge in [-0.2, -0.15) is 0 Å². The Kier molecular flexibility index (Phi) is 4.85. The van der Waals surface area contributed by atoms with E-state index in [0.29, 0.717) is 6.04 Å². The summed E-state index contributed by atoms with van der Waals surface area (Å²) < 4.78 is 5.20. The van der Waals surface area contributed by atoms with Crippen LogP contribution < -0.4 is 0 Å². The van der Waals surface area contributed by atoms with E-state index >= 15 is 0 Å². The van der Waals surface area contributed by atoms with Crippen LogP contribution in [0.1, 0.15) is 13.8 Å². The van der Waals surface area contributed by atoms with Crippen LogP contribution in [0.5, 0.6) is 0 Å². The van der Waals surface area contributed by atoms with Crippen molar-refractivity contribution in [1.82, 2.24) is 9.80 Å². The van der Waals surface area contributed by atoms with Gasteiger partial charge in [0.1, 0.15) is 0 Å². The van der Waals surface area contributed by atoms with E-state index in [1.54, 1.807) is 0 Å². The van der Waals surface area contributed by atoms with E-state index in [9.17, 15) is 0 Å². The summed E-state index contributed by atoms with van der Waals surface area (Å²) >= 11 is 0. The van der Waals surface area contributed by atoms with Crippen molar-refractivity contribution in [3.8, 4) is 0 Å². The maximum Gasteiger partial charge on any atom is 0.0528 e. The van der Waals surface area contributed by atoms with Gasteiger partial charge in [-0.3, -0.25) is 4.90 Å². The molecule has 1 aliphatic heterocycles. The molecule has 0 atom stereocenters. The fraction of sp³-hybridized carbons (Fsp3) is 1.00. The molecule has 1 heterocycles. The van der Waals surface area contributed by atoms with Crippen LogP contribution in [0.2, 0.25) is 0 Å². The second-order valence-electron chi connectivity index (χ2n) is 4.80. The second kappa shape index (κ2) is 5.69. The molecule has 0 unspecified atom stereocenters. The zero-order valence-electron chi connectivity index (χ0n) is 9.99. The smallest absolute Gasteiger partial charge is 0.0528 e. The van der Waals surface area contributed by atoms with Crippen LogP contribution in [-0.4, -0.2) is 62.8 Å². The van der Waals surface area contributed by atoms with Gasteiger partial charge >= 0.3 is 0 Å². The molecule has 0 aromatic rings. The van der Waals surface area contributed by atoms with E-state index in [4.69, 9.17) is 4.74 Å². The van der Waals surface area contributed by atoms with Gasteiger partial charge in [0.2, 0.25) is 0 Å². The SMILES string of the molecule is CC(C)N(CCN(C)C)CC1COC1. The first-order chi connectivity index (χ1) is 6.59. The van der Waals surface area contributed by atoms with Crippen molar-refractivity contribution in [2.45, 2.75) is 19.9 Å². The van der Waals surface area contributed by atoms with Gasteiger partial charge in [-0.25, -0.2) is 0 Å². The predicted octanol–water partition coefficient (Wildman–Crippen LogP) is 0.905. The topological polar surface area (TPSA) is 15.7 Å². The summed E-state index contributed by atoms with van der Waals surface area (Å²) in [5, 5.41) is 0. The molecule has 1 aliphatic rings. The molecule has 0 radical (unpaired) electrons. The lowest BCUT2D eigenvalue weighted by Crippen LogP contribution is -2.44. The normalized spacial score (nSPS) is 18.2. The maximum absolute atomic E-state index is 5.20. The predicted molar refractivity (Wildman–Crippen MR) is 59.6 cm³/mol. The van der Waals surface area contributed by atoms with Crippen molar-refractivity contribution in [2.75, 3.05) is 46.9 Å². The Morgan fingerprint density at radius 3 is 2.21 bits per heavy atom. The van der Waals surface area contributed by atoms with Crippen molar-refractivity contribution in [3.05, 3.63) is 0 Å². The standard InChI is InChI=1S/C11H24N2O/c1-10(2)13(6-5-12(3)4)7-11-8-14-9-11/h10-11H,5-9H2,1-4H3. The molecule has 3 heteroatoms. The van der Waals surface area contributed by atoms with Crippen LogP contribution in [0.25, 0.3) is 0 Å².